The quantitative estimate of drug-likeness (QED) is 0.0421. The van der Waals surface area contributed by atoms with Crippen molar-refractivity contribution in [2.45, 2.75) is 148 Å². The second-order valence-electron chi connectivity index (χ2n) is 12.2. The summed E-state index contributed by atoms with van der Waals surface area (Å²) >= 11 is 0. The van der Waals surface area contributed by atoms with Crippen LogP contribution in [0, 0.1) is 0 Å². The standard InChI is InChI=1S/C45H70O5/c1-3-5-7-9-11-13-15-17-18-19-20-21-22-23-24-25-26-28-30-32-34-36-38-40-45(48)50-43(41-46)42-49-44(47)39-37-35-33-31-29-27-16-14-12-10-8-6-4-2/h5-8,11-14,17-18,20-21,23-24,27,29,33,35,43,46H,3-4,9-10,15-16,19,22,25-26,28,30-32,34,36-42H2,1-2H3/b7-5-,8-6-,13-11-,14-12-,18-17-,21-20-,24-23-,29-27-,35-33-. The molecule has 0 bridgehead atoms. The molecule has 1 unspecified atom stereocenters. The van der Waals surface area contributed by atoms with Crippen molar-refractivity contribution in [1.82, 2.24) is 0 Å². The van der Waals surface area contributed by atoms with Crippen molar-refractivity contribution in [2.75, 3.05) is 13.2 Å². The molecule has 0 spiro atoms. The lowest BCUT2D eigenvalue weighted by molar-refractivity contribution is -0.161. The van der Waals surface area contributed by atoms with Crippen LogP contribution in [0.2, 0.25) is 0 Å². The molecular weight excluding hydrogens is 620 g/mol. The minimum atomic E-state index is -0.813. The van der Waals surface area contributed by atoms with Gasteiger partial charge in [-0.25, -0.2) is 0 Å². The number of hydrogen-bond donors (Lipinski definition) is 1. The molecule has 0 aliphatic heterocycles. The van der Waals surface area contributed by atoms with E-state index in [0.29, 0.717) is 12.8 Å². The number of hydrogen-bond acceptors (Lipinski definition) is 5. The molecule has 1 atom stereocenters. The van der Waals surface area contributed by atoms with Gasteiger partial charge in [0, 0.05) is 12.8 Å². The van der Waals surface area contributed by atoms with Gasteiger partial charge in [-0.3, -0.25) is 9.59 Å². The number of unbranched alkanes of at least 4 members (excludes halogenated alkanes) is 7. The summed E-state index contributed by atoms with van der Waals surface area (Å²) in [6, 6.07) is 0. The lowest BCUT2D eigenvalue weighted by Crippen LogP contribution is -2.28. The summed E-state index contributed by atoms with van der Waals surface area (Å²) in [6.07, 6.45) is 57.3. The first-order valence-electron chi connectivity index (χ1n) is 19.4. The first kappa shape index (κ1) is 46.6. The van der Waals surface area contributed by atoms with Crippen molar-refractivity contribution in [3.63, 3.8) is 0 Å². The highest BCUT2D eigenvalue weighted by molar-refractivity contribution is 5.70. The van der Waals surface area contributed by atoms with E-state index in [0.717, 1.165) is 83.5 Å². The maximum Gasteiger partial charge on any atom is 0.306 e. The smallest absolute Gasteiger partial charge is 0.306 e. The van der Waals surface area contributed by atoms with Crippen LogP contribution in [-0.4, -0.2) is 36.4 Å². The molecule has 280 valence electrons. The molecule has 0 aromatic rings. The summed E-state index contributed by atoms with van der Waals surface area (Å²) in [4.78, 5) is 24.2. The van der Waals surface area contributed by atoms with E-state index in [2.05, 4.69) is 111 Å². The highest BCUT2D eigenvalue weighted by atomic mass is 16.6. The number of aliphatic hydroxyl groups is 1. The molecule has 0 saturated heterocycles. The van der Waals surface area contributed by atoms with Crippen LogP contribution in [0.3, 0.4) is 0 Å². The predicted molar refractivity (Wildman–Crippen MR) is 214 cm³/mol. The van der Waals surface area contributed by atoms with Gasteiger partial charge >= 0.3 is 11.9 Å². The van der Waals surface area contributed by atoms with Gasteiger partial charge in [-0.05, 0) is 83.5 Å². The topological polar surface area (TPSA) is 72.8 Å². The van der Waals surface area contributed by atoms with Crippen LogP contribution in [0.4, 0.5) is 0 Å². The van der Waals surface area contributed by atoms with Crippen molar-refractivity contribution in [3.8, 4) is 0 Å². The van der Waals surface area contributed by atoms with Crippen LogP contribution >= 0.6 is 0 Å². The van der Waals surface area contributed by atoms with Crippen molar-refractivity contribution in [2.24, 2.45) is 0 Å². The van der Waals surface area contributed by atoms with Crippen molar-refractivity contribution in [1.29, 1.82) is 0 Å². The van der Waals surface area contributed by atoms with Gasteiger partial charge in [0.25, 0.3) is 0 Å². The minimum Gasteiger partial charge on any atom is -0.462 e. The van der Waals surface area contributed by atoms with E-state index in [-0.39, 0.29) is 31.6 Å². The number of carbonyl (C=O) groups excluding carboxylic acids is 2. The van der Waals surface area contributed by atoms with Gasteiger partial charge in [0.15, 0.2) is 6.10 Å². The summed E-state index contributed by atoms with van der Waals surface area (Å²) in [5, 5.41) is 9.54. The normalized spacial score (nSPS) is 13.4. The van der Waals surface area contributed by atoms with E-state index in [1.807, 2.05) is 12.2 Å². The Morgan fingerprint density at radius 1 is 0.460 bits per heavy atom. The second kappa shape index (κ2) is 40.0. The Morgan fingerprint density at radius 2 is 0.840 bits per heavy atom. The third-order valence-electron chi connectivity index (χ3n) is 7.58. The Balaban J connectivity index is 3.70. The fraction of sp³-hybridized carbons (Fsp3) is 0.556. The third kappa shape index (κ3) is 37.4. The van der Waals surface area contributed by atoms with Crippen molar-refractivity contribution >= 4 is 11.9 Å². The van der Waals surface area contributed by atoms with Gasteiger partial charge in [0.1, 0.15) is 6.61 Å². The highest BCUT2D eigenvalue weighted by Crippen LogP contribution is 2.11. The molecule has 1 N–H and O–H groups in total. The monoisotopic (exact) mass is 691 g/mol. The molecule has 0 aliphatic carbocycles. The maximum absolute atomic E-state index is 12.2. The number of aliphatic hydroxyl groups excluding tert-OH is 1. The van der Waals surface area contributed by atoms with Crippen LogP contribution in [-0.2, 0) is 19.1 Å². The van der Waals surface area contributed by atoms with Crippen LogP contribution in [0.15, 0.2) is 109 Å². The average Bonchev–Trinajstić information content (AvgIpc) is 3.12. The Labute approximate surface area is 306 Å². The second-order valence-corrected chi connectivity index (χ2v) is 12.2. The Bertz CT molecular complexity index is 1050. The van der Waals surface area contributed by atoms with E-state index < -0.39 is 6.10 Å². The highest BCUT2D eigenvalue weighted by Gasteiger charge is 2.15. The number of allylic oxidation sites excluding steroid dienone is 18. The van der Waals surface area contributed by atoms with E-state index in [9.17, 15) is 14.7 Å². The molecule has 5 heteroatoms. The van der Waals surface area contributed by atoms with E-state index >= 15 is 0 Å². The molecule has 0 radical (unpaired) electrons. The van der Waals surface area contributed by atoms with E-state index in [1.165, 1.54) is 25.7 Å². The number of rotatable bonds is 33. The molecule has 0 aromatic heterocycles. The van der Waals surface area contributed by atoms with Crippen LogP contribution in [0.5, 0.6) is 0 Å². The molecule has 0 fully saturated rings. The first-order valence-corrected chi connectivity index (χ1v) is 19.4. The number of esters is 2. The molecule has 50 heavy (non-hydrogen) atoms. The average molecular weight is 691 g/mol. The van der Waals surface area contributed by atoms with Gasteiger partial charge in [-0.1, -0.05) is 155 Å². The largest absolute Gasteiger partial charge is 0.462 e. The molecule has 0 heterocycles. The van der Waals surface area contributed by atoms with Gasteiger partial charge < -0.3 is 14.6 Å². The van der Waals surface area contributed by atoms with E-state index in [4.69, 9.17) is 9.47 Å². The molecule has 0 amide bonds. The summed E-state index contributed by atoms with van der Waals surface area (Å²) in [5.41, 5.74) is 0. The summed E-state index contributed by atoms with van der Waals surface area (Å²) in [5.74, 6) is -0.711. The first-order chi connectivity index (χ1) is 24.6. The maximum atomic E-state index is 12.2. The Kier molecular flexibility index (Phi) is 37.2. The SMILES string of the molecule is CC/C=C\C/C=C\C/C=C\C/C=C\C/C=C\CCCCCCCCCC(=O)OC(CO)COC(=O)CC/C=C\C/C=C\C/C=C\C/C=C\CC. The summed E-state index contributed by atoms with van der Waals surface area (Å²) in [6.45, 7) is 3.80. The van der Waals surface area contributed by atoms with Gasteiger partial charge in [0.05, 0.1) is 6.61 Å². The molecule has 5 nitrogen and oxygen atoms in total. The van der Waals surface area contributed by atoms with Gasteiger partial charge in [-0.2, -0.15) is 0 Å². The summed E-state index contributed by atoms with van der Waals surface area (Å²) in [7, 11) is 0. The third-order valence-corrected chi connectivity index (χ3v) is 7.58. The van der Waals surface area contributed by atoms with Gasteiger partial charge in [0.2, 0.25) is 0 Å². The van der Waals surface area contributed by atoms with Crippen LogP contribution in [0.1, 0.15) is 142 Å². The lowest BCUT2D eigenvalue weighted by Gasteiger charge is -2.15. The molecule has 0 saturated carbocycles. The predicted octanol–water partition coefficient (Wildman–Crippen LogP) is 12.3. The number of ether oxygens (including phenoxy) is 2. The van der Waals surface area contributed by atoms with Crippen molar-refractivity contribution in [3.05, 3.63) is 109 Å². The minimum absolute atomic E-state index is 0.116. The van der Waals surface area contributed by atoms with E-state index in [1.54, 1.807) is 0 Å². The zero-order valence-corrected chi connectivity index (χ0v) is 31.6. The zero-order chi connectivity index (χ0) is 36.4. The Morgan fingerprint density at radius 3 is 1.28 bits per heavy atom. The molecule has 0 aromatic carbocycles. The van der Waals surface area contributed by atoms with Gasteiger partial charge in [-0.15, -0.1) is 0 Å². The number of carbonyl (C=O) groups is 2. The van der Waals surface area contributed by atoms with Crippen molar-refractivity contribution < 1.29 is 24.2 Å². The Hall–Kier alpha value is -3.44. The molecule has 0 rings (SSSR count). The lowest BCUT2D eigenvalue weighted by atomic mass is 10.1. The molecular formula is C45H70O5. The van der Waals surface area contributed by atoms with Crippen LogP contribution in [0.25, 0.3) is 0 Å². The fourth-order valence-corrected chi connectivity index (χ4v) is 4.71. The summed E-state index contributed by atoms with van der Waals surface area (Å²) < 4.78 is 10.5. The fourth-order valence-electron chi connectivity index (χ4n) is 4.71. The molecule has 0 aliphatic rings. The van der Waals surface area contributed by atoms with Crippen LogP contribution < -0.4 is 0 Å². The zero-order valence-electron chi connectivity index (χ0n) is 31.6.